The number of hydrogen-bond acceptors (Lipinski definition) is 3. The van der Waals surface area contributed by atoms with Crippen LogP contribution in [0.15, 0.2) is 12.7 Å². The first-order chi connectivity index (χ1) is 10.2. The summed E-state index contributed by atoms with van der Waals surface area (Å²) in [5.74, 6) is -0.711. The highest BCUT2D eigenvalue weighted by Crippen LogP contribution is 2.15. The standard InChI is InChI=1S/C15H26N4O3/c1-6-12(20)19-8-7-18(9-11(19)4)15(22)17(5)13(10(2)3)14(16)21/h6,10-11,13H,1,7-9H2,2-5H3,(H2,16,21)/t11?,13-/m0/s1. The van der Waals surface area contributed by atoms with E-state index >= 15 is 0 Å². The number of rotatable bonds is 4. The first kappa shape index (κ1) is 18.0. The molecule has 1 aliphatic heterocycles. The molecule has 0 radical (unpaired) electrons. The van der Waals surface area contributed by atoms with Crippen molar-refractivity contribution in [2.75, 3.05) is 26.7 Å². The monoisotopic (exact) mass is 310 g/mol. The van der Waals surface area contributed by atoms with Crippen LogP contribution in [0.4, 0.5) is 4.79 Å². The van der Waals surface area contributed by atoms with Gasteiger partial charge in [-0.3, -0.25) is 9.59 Å². The lowest BCUT2D eigenvalue weighted by atomic mass is 10.0. The second kappa shape index (κ2) is 7.29. The predicted octanol–water partition coefficient (Wildman–Crippen LogP) is 0.267. The molecule has 0 aromatic carbocycles. The number of carbonyl (C=O) groups excluding carboxylic acids is 3. The van der Waals surface area contributed by atoms with Gasteiger partial charge in [-0.2, -0.15) is 0 Å². The molecule has 7 nitrogen and oxygen atoms in total. The molecule has 2 atom stereocenters. The summed E-state index contributed by atoms with van der Waals surface area (Å²) in [7, 11) is 1.59. The molecule has 0 saturated carbocycles. The Labute approximate surface area is 131 Å². The molecule has 1 unspecified atom stereocenters. The summed E-state index contributed by atoms with van der Waals surface area (Å²) < 4.78 is 0. The van der Waals surface area contributed by atoms with Crippen molar-refractivity contribution in [3.63, 3.8) is 0 Å². The maximum absolute atomic E-state index is 12.6. The zero-order chi connectivity index (χ0) is 17.0. The Hall–Kier alpha value is -2.05. The van der Waals surface area contributed by atoms with Crippen molar-refractivity contribution in [1.82, 2.24) is 14.7 Å². The normalized spacial score (nSPS) is 19.8. The van der Waals surface area contributed by atoms with E-state index in [4.69, 9.17) is 5.73 Å². The first-order valence-electron chi connectivity index (χ1n) is 7.44. The van der Waals surface area contributed by atoms with Gasteiger partial charge >= 0.3 is 6.03 Å². The van der Waals surface area contributed by atoms with E-state index in [1.807, 2.05) is 20.8 Å². The van der Waals surface area contributed by atoms with Crippen LogP contribution in [-0.2, 0) is 9.59 Å². The van der Waals surface area contributed by atoms with Gasteiger partial charge in [-0.15, -0.1) is 0 Å². The Morgan fingerprint density at radius 1 is 1.32 bits per heavy atom. The molecule has 0 aliphatic carbocycles. The lowest BCUT2D eigenvalue weighted by molar-refractivity contribution is -0.129. The molecule has 0 bridgehead atoms. The number of piperazine rings is 1. The fourth-order valence-corrected chi connectivity index (χ4v) is 2.88. The van der Waals surface area contributed by atoms with Crippen molar-refractivity contribution in [2.24, 2.45) is 11.7 Å². The lowest BCUT2D eigenvalue weighted by Gasteiger charge is -2.42. The third-order valence-corrected chi connectivity index (χ3v) is 4.00. The van der Waals surface area contributed by atoms with Crippen LogP contribution in [0, 0.1) is 5.92 Å². The summed E-state index contributed by atoms with van der Waals surface area (Å²) in [4.78, 5) is 40.6. The Morgan fingerprint density at radius 3 is 2.32 bits per heavy atom. The maximum atomic E-state index is 12.6. The van der Waals surface area contributed by atoms with Gasteiger partial charge in [-0.25, -0.2) is 4.79 Å². The van der Waals surface area contributed by atoms with Crippen LogP contribution in [0.2, 0.25) is 0 Å². The third kappa shape index (κ3) is 3.78. The van der Waals surface area contributed by atoms with E-state index in [0.717, 1.165) is 0 Å². The summed E-state index contributed by atoms with van der Waals surface area (Å²) in [5.41, 5.74) is 5.40. The van der Waals surface area contributed by atoms with E-state index in [1.54, 1.807) is 16.8 Å². The lowest BCUT2D eigenvalue weighted by Crippen LogP contribution is -2.60. The molecule has 7 heteroatoms. The van der Waals surface area contributed by atoms with Crippen LogP contribution >= 0.6 is 0 Å². The Kier molecular flexibility index (Phi) is 5.96. The van der Waals surface area contributed by atoms with E-state index in [2.05, 4.69) is 6.58 Å². The average molecular weight is 310 g/mol. The summed E-state index contributed by atoms with van der Waals surface area (Å²) >= 11 is 0. The zero-order valence-corrected chi connectivity index (χ0v) is 13.8. The first-order valence-corrected chi connectivity index (χ1v) is 7.44. The van der Waals surface area contributed by atoms with Crippen molar-refractivity contribution in [2.45, 2.75) is 32.9 Å². The Balaban J connectivity index is 2.77. The van der Waals surface area contributed by atoms with Gasteiger partial charge in [0.25, 0.3) is 0 Å². The molecular weight excluding hydrogens is 284 g/mol. The number of primary amides is 1. The molecule has 0 aromatic heterocycles. The summed E-state index contributed by atoms with van der Waals surface area (Å²) in [6, 6.07) is -0.978. The van der Waals surface area contributed by atoms with Gasteiger partial charge in [0.15, 0.2) is 0 Å². The Bertz CT molecular complexity index is 464. The van der Waals surface area contributed by atoms with Crippen molar-refractivity contribution < 1.29 is 14.4 Å². The third-order valence-electron chi connectivity index (χ3n) is 4.00. The van der Waals surface area contributed by atoms with Crippen LogP contribution in [0.3, 0.4) is 0 Å². The van der Waals surface area contributed by atoms with Gasteiger partial charge in [0.2, 0.25) is 11.8 Å². The van der Waals surface area contributed by atoms with Gasteiger partial charge < -0.3 is 20.4 Å². The molecule has 124 valence electrons. The second-order valence-corrected chi connectivity index (χ2v) is 6.02. The van der Waals surface area contributed by atoms with Gasteiger partial charge in [-0.05, 0) is 18.9 Å². The van der Waals surface area contributed by atoms with Gasteiger partial charge in [0, 0.05) is 32.7 Å². The minimum Gasteiger partial charge on any atom is -0.368 e. The predicted molar refractivity (Wildman–Crippen MR) is 83.9 cm³/mol. The Morgan fingerprint density at radius 2 is 1.91 bits per heavy atom. The fraction of sp³-hybridized carbons (Fsp3) is 0.667. The number of carbonyl (C=O) groups is 3. The van der Waals surface area contributed by atoms with Crippen LogP contribution in [0.5, 0.6) is 0 Å². The molecule has 0 aromatic rings. The highest BCUT2D eigenvalue weighted by molar-refractivity contribution is 5.88. The topological polar surface area (TPSA) is 87.0 Å². The number of nitrogens with two attached hydrogens (primary N) is 1. The quantitative estimate of drug-likeness (QED) is 0.756. The molecule has 1 heterocycles. The van der Waals surface area contributed by atoms with Crippen LogP contribution < -0.4 is 5.73 Å². The number of hydrogen-bond donors (Lipinski definition) is 1. The fourth-order valence-electron chi connectivity index (χ4n) is 2.88. The second-order valence-electron chi connectivity index (χ2n) is 6.02. The number of nitrogens with zero attached hydrogens (tertiary/aromatic N) is 3. The van der Waals surface area contributed by atoms with E-state index in [-0.39, 0.29) is 23.9 Å². The van der Waals surface area contributed by atoms with Crippen LogP contribution in [-0.4, -0.2) is 71.3 Å². The van der Waals surface area contributed by atoms with Crippen molar-refractivity contribution >= 4 is 17.8 Å². The van der Waals surface area contributed by atoms with Crippen LogP contribution in [0.1, 0.15) is 20.8 Å². The highest BCUT2D eigenvalue weighted by Gasteiger charge is 2.34. The van der Waals surface area contributed by atoms with Crippen molar-refractivity contribution in [3.8, 4) is 0 Å². The zero-order valence-electron chi connectivity index (χ0n) is 13.8. The highest BCUT2D eigenvalue weighted by atomic mass is 16.2. The molecule has 2 N–H and O–H groups in total. The minimum atomic E-state index is -0.643. The molecule has 1 aliphatic rings. The van der Waals surface area contributed by atoms with Crippen LogP contribution in [0.25, 0.3) is 0 Å². The summed E-state index contributed by atoms with van der Waals surface area (Å²) in [6.45, 7) is 10.4. The average Bonchev–Trinajstić information content (AvgIpc) is 2.44. The van der Waals surface area contributed by atoms with E-state index in [0.29, 0.717) is 19.6 Å². The van der Waals surface area contributed by atoms with Crippen molar-refractivity contribution in [1.29, 1.82) is 0 Å². The van der Waals surface area contributed by atoms with E-state index in [9.17, 15) is 14.4 Å². The molecule has 1 fully saturated rings. The molecular formula is C15H26N4O3. The number of amides is 4. The molecule has 4 amide bonds. The molecule has 22 heavy (non-hydrogen) atoms. The molecule has 1 saturated heterocycles. The van der Waals surface area contributed by atoms with Gasteiger partial charge in [-0.1, -0.05) is 20.4 Å². The largest absolute Gasteiger partial charge is 0.368 e. The summed E-state index contributed by atoms with van der Waals surface area (Å²) in [5, 5.41) is 0. The SMILES string of the molecule is C=CC(=O)N1CCN(C(=O)N(C)[C@H](C(N)=O)C(C)C)CC1C. The van der Waals surface area contributed by atoms with Gasteiger partial charge in [0.05, 0.1) is 0 Å². The molecule has 1 rings (SSSR count). The number of urea groups is 1. The smallest absolute Gasteiger partial charge is 0.320 e. The van der Waals surface area contributed by atoms with E-state index < -0.39 is 11.9 Å². The van der Waals surface area contributed by atoms with E-state index in [1.165, 1.54) is 11.0 Å². The molecule has 0 spiro atoms. The van der Waals surface area contributed by atoms with Crippen molar-refractivity contribution in [3.05, 3.63) is 12.7 Å². The number of likely N-dealkylation sites (N-methyl/N-ethyl adjacent to an activating group) is 1. The maximum Gasteiger partial charge on any atom is 0.320 e. The minimum absolute atomic E-state index is 0.0625. The van der Waals surface area contributed by atoms with Gasteiger partial charge in [0.1, 0.15) is 6.04 Å². The summed E-state index contributed by atoms with van der Waals surface area (Å²) in [6.07, 6.45) is 1.28.